The van der Waals surface area contributed by atoms with Gasteiger partial charge in [0.2, 0.25) is 5.43 Å². The largest absolute Gasteiger partial charge is 0.340 e. The molecule has 5 nitrogen and oxygen atoms in total. The van der Waals surface area contributed by atoms with Gasteiger partial charge in [0.05, 0.1) is 23.3 Å². The summed E-state index contributed by atoms with van der Waals surface area (Å²) in [6.07, 6.45) is 2.20. The number of hydrogen-bond acceptors (Lipinski definition) is 4. The fourth-order valence-electron chi connectivity index (χ4n) is 3.51. The van der Waals surface area contributed by atoms with E-state index in [2.05, 4.69) is 4.98 Å². The Kier molecular flexibility index (Phi) is 5.39. The second-order valence-electron chi connectivity index (χ2n) is 6.89. The number of benzene rings is 2. The second-order valence-corrected chi connectivity index (χ2v) is 6.89. The number of nitrogens with zero attached hydrogens (tertiary/aromatic N) is 2. The summed E-state index contributed by atoms with van der Waals surface area (Å²) < 4.78 is 1.86. The number of pyridine rings is 2. The van der Waals surface area contributed by atoms with Crippen LogP contribution in [0.4, 0.5) is 0 Å². The van der Waals surface area contributed by atoms with Crippen LogP contribution in [0.15, 0.2) is 77.7 Å². The summed E-state index contributed by atoms with van der Waals surface area (Å²) in [5.74, 6) is -0.467. The van der Waals surface area contributed by atoms with Gasteiger partial charge in [-0.3, -0.25) is 19.4 Å². The molecule has 30 heavy (non-hydrogen) atoms. The zero-order chi connectivity index (χ0) is 21.1. The first-order valence-electron chi connectivity index (χ1n) is 9.58. The minimum absolute atomic E-state index is 0.0289. The number of carbonyl (C=O) groups excluding carboxylic acids is 2. The molecule has 0 saturated carbocycles. The maximum Gasteiger partial charge on any atom is 0.200 e. The van der Waals surface area contributed by atoms with E-state index in [0.717, 1.165) is 16.8 Å². The van der Waals surface area contributed by atoms with E-state index in [0.29, 0.717) is 18.2 Å². The van der Waals surface area contributed by atoms with Crippen LogP contribution in [0.2, 0.25) is 6.82 Å². The Balaban J connectivity index is 1.89. The predicted molar refractivity (Wildman–Crippen MR) is 118 cm³/mol. The Bertz CT molecular complexity index is 1330. The van der Waals surface area contributed by atoms with E-state index in [1.807, 2.05) is 49.0 Å². The van der Waals surface area contributed by atoms with E-state index >= 15 is 0 Å². The summed E-state index contributed by atoms with van der Waals surface area (Å²) >= 11 is 0. The minimum atomic E-state index is -0.467. The topological polar surface area (TPSA) is 69.0 Å². The van der Waals surface area contributed by atoms with Crippen LogP contribution < -0.4 is 11.0 Å². The lowest BCUT2D eigenvalue weighted by atomic mass is 9.77. The van der Waals surface area contributed by atoms with Crippen LogP contribution in [0.25, 0.3) is 10.9 Å². The summed E-state index contributed by atoms with van der Waals surface area (Å²) in [5.41, 5.74) is 2.54. The maximum absolute atomic E-state index is 13.2. The van der Waals surface area contributed by atoms with Crippen molar-refractivity contribution in [2.75, 3.05) is 0 Å². The zero-order valence-corrected chi connectivity index (χ0v) is 16.4. The molecule has 0 aliphatic rings. The van der Waals surface area contributed by atoms with Crippen LogP contribution in [0.3, 0.4) is 0 Å². The summed E-state index contributed by atoms with van der Waals surface area (Å²) in [5, 5.41) is 0.449. The molecule has 2 aromatic carbocycles. The maximum atomic E-state index is 13.2. The molecule has 2 heterocycles. The van der Waals surface area contributed by atoms with Gasteiger partial charge in [-0.15, -0.1) is 0 Å². The third-order valence-corrected chi connectivity index (χ3v) is 5.02. The average Bonchev–Trinajstić information content (AvgIpc) is 2.80. The fourth-order valence-corrected chi connectivity index (χ4v) is 3.51. The summed E-state index contributed by atoms with van der Waals surface area (Å²) in [7, 11) is 1.92. The predicted octanol–water partition coefficient (Wildman–Crippen LogP) is 2.87. The molecule has 0 spiro atoms. The number of ketones is 1. The van der Waals surface area contributed by atoms with Crippen molar-refractivity contribution in [2.45, 2.75) is 13.4 Å². The fraction of sp³-hybridized carbons (Fsp3) is 0.0833. The third kappa shape index (κ3) is 3.60. The van der Waals surface area contributed by atoms with Gasteiger partial charge in [0.1, 0.15) is 0 Å². The number of hydrogen-bond donors (Lipinski definition) is 0. The van der Waals surface area contributed by atoms with Crippen molar-refractivity contribution in [1.29, 1.82) is 0 Å². The molecule has 0 unspecified atom stereocenters. The smallest absolute Gasteiger partial charge is 0.200 e. The highest BCUT2D eigenvalue weighted by Crippen LogP contribution is 2.17. The second kappa shape index (κ2) is 8.29. The van der Waals surface area contributed by atoms with Crippen molar-refractivity contribution in [1.82, 2.24) is 9.55 Å². The molecule has 6 heteroatoms. The van der Waals surface area contributed by atoms with Crippen LogP contribution in [0.5, 0.6) is 0 Å². The molecule has 0 aliphatic carbocycles. The molecule has 145 valence electrons. The Labute approximate surface area is 174 Å². The SMILES string of the molecule is C[B]c1cccc(Cn2cc(C(=O)c3ccccc3C=O)c(=O)c3ccccc32)n1. The van der Waals surface area contributed by atoms with Crippen molar-refractivity contribution in [2.24, 2.45) is 0 Å². The van der Waals surface area contributed by atoms with Crippen LogP contribution >= 0.6 is 0 Å². The molecular weight excluding hydrogens is 375 g/mol. The molecule has 0 atom stereocenters. The molecule has 2 aromatic heterocycles. The van der Waals surface area contributed by atoms with E-state index in [4.69, 9.17) is 0 Å². The van der Waals surface area contributed by atoms with E-state index in [-0.39, 0.29) is 22.1 Å². The Morgan fingerprint density at radius 2 is 1.77 bits per heavy atom. The molecular formula is C24H18BN2O3. The molecule has 4 aromatic rings. The van der Waals surface area contributed by atoms with Gasteiger partial charge >= 0.3 is 0 Å². The summed E-state index contributed by atoms with van der Waals surface area (Å²) in [4.78, 5) is 42.3. The van der Waals surface area contributed by atoms with Crippen LogP contribution in [-0.4, -0.2) is 28.9 Å². The van der Waals surface area contributed by atoms with Crippen LogP contribution in [-0.2, 0) is 6.54 Å². The van der Waals surface area contributed by atoms with Crippen molar-refractivity contribution in [3.8, 4) is 0 Å². The van der Waals surface area contributed by atoms with Gasteiger partial charge in [-0.25, -0.2) is 0 Å². The zero-order valence-electron chi connectivity index (χ0n) is 16.4. The van der Waals surface area contributed by atoms with E-state index in [9.17, 15) is 14.4 Å². The molecule has 0 saturated heterocycles. The van der Waals surface area contributed by atoms with E-state index < -0.39 is 5.78 Å². The highest BCUT2D eigenvalue weighted by Gasteiger charge is 2.19. The Morgan fingerprint density at radius 3 is 2.57 bits per heavy atom. The third-order valence-electron chi connectivity index (χ3n) is 5.02. The lowest BCUT2D eigenvalue weighted by Crippen LogP contribution is -2.22. The first-order valence-corrected chi connectivity index (χ1v) is 9.58. The normalized spacial score (nSPS) is 10.7. The highest BCUT2D eigenvalue weighted by molar-refractivity contribution is 6.50. The number of aromatic nitrogens is 2. The quantitative estimate of drug-likeness (QED) is 0.287. The van der Waals surface area contributed by atoms with E-state index in [1.54, 1.807) is 42.6 Å². The number of aldehydes is 1. The average molecular weight is 393 g/mol. The van der Waals surface area contributed by atoms with Crippen LogP contribution in [0.1, 0.15) is 32.0 Å². The molecule has 4 rings (SSSR count). The first kappa shape index (κ1) is 19.5. The minimum Gasteiger partial charge on any atom is -0.340 e. The summed E-state index contributed by atoms with van der Waals surface area (Å²) in [6.45, 7) is 2.32. The molecule has 0 bridgehead atoms. The Hall–Kier alpha value is -3.80. The van der Waals surface area contributed by atoms with Gasteiger partial charge in [-0.05, 0) is 23.8 Å². The van der Waals surface area contributed by atoms with E-state index in [1.165, 1.54) is 0 Å². The molecule has 0 aliphatic heterocycles. The van der Waals surface area contributed by atoms with Gasteiger partial charge < -0.3 is 4.57 Å². The monoisotopic (exact) mass is 393 g/mol. The van der Waals surface area contributed by atoms with Gasteiger partial charge in [-0.1, -0.05) is 55.4 Å². The standard InChI is InChI=1S/C24H18BN2O3/c1-25-22-12-6-8-17(26-22)13-27-14-20(24(30)19-10-4-5-11-21(19)27)23(29)18-9-3-2-7-16(18)15-28/h2-12,14-15H,13H2,1H3. The first-order chi connectivity index (χ1) is 14.6. The van der Waals surface area contributed by atoms with Crippen molar-refractivity contribution < 1.29 is 9.59 Å². The summed E-state index contributed by atoms with van der Waals surface area (Å²) in [6, 6.07) is 19.4. The number of carbonyl (C=O) groups is 2. The van der Waals surface area contributed by atoms with Gasteiger partial charge in [0.25, 0.3) is 0 Å². The molecule has 0 fully saturated rings. The lowest BCUT2D eigenvalue weighted by molar-refractivity contribution is 0.102. The van der Waals surface area contributed by atoms with Gasteiger partial charge in [-0.2, -0.15) is 0 Å². The highest BCUT2D eigenvalue weighted by atomic mass is 16.1. The molecule has 0 N–H and O–H groups in total. The molecule has 0 amide bonds. The lowest BCUT2D eigenvalue weighted by Gasteiger charge is -2.14. The van der Waals surface area contributed by atoms with Crippen molar-refractivity contribution >= 4 is 35.8 Å². The van der Waals surface area contributed by atoms with Gasteiger partial charge in [0, 0.05) is 22.7 Å². The number of para-hydroxylation sites is 1. The molecule has 1 radical (unpaired) electrons. The Morgan fingerprint density at radius 1 is 1.00 bits per heavy atom. The van der Waals surface area contributed by atoms with Crippen LogP contribution in [0, 0.1) is 0 Å². The van der Waals surface area contributed by atoms with Gasteiger partial charge in [0.15, 0.2) is 19.3 Å². The number of fused-ring (bicyclic) bond motifs is 1. The van der Waals surface area contributed by atoms with Crippen molar-refractivity contribution in [3.63, 3.8) is 0 Å². The number of rotatable bonds is 6. The van der Waals surface area contributed by atoms with Crippen molar-refractivity contribution in [3.05, 3.63) is 106 Å².